The van der Waals surface area contributed by atoms with E-state index in [1.165, 1.54) is 49.3 Å². The number of imidazole rings is 4. The Labute approximate surface area is 741 Å². The lowest BCUT2D eigenvalue weighted by molar-refractivity contribution is -0.138. The number of rotatable bonds is 26. The van der Waals surface area contributed by atoms with Crippen LogP contribution in [-0.4, -0.2) is 137 Å². The molecule has 1 aliphatic carbocycles. The van der Waals surface area contributed by atoms with Crippen LogP contribution in [0.2, 0.25) is 0 Å². The van der Waals surface area contributed by atoms with Crippen molar-refractivity contribution in [1.29, 1.82) is 0 Å². The van der Waals surface area contributed by atoms with Crippen molar-refractivity contribution in [2.75, 3.05) is 27.9 Å². The summed E-state index contributed by atoms with van der Waals surface area (Å²) in [6.07, 6.45) is 18.2. The quantitative estimate of drug-likeness (QED) is 0.0243. The van der Waals surface area contributed by atoms with Crippen LogP contribution in [0.3, 0.4) is 0 Å². The predicted molar refractivity (Wildman–Crippen MR) is 487 cm³/mol. The minimum Gasteiger partial charge on any atom is -0.394 e. The lowest BCUT2D eigenvalue weighted by Crippen LogP contribution is -2.23. The summed E-state index contributed by atoms with van der Waals surface area (Å²) in [5.41, 5.74) is 22.0. The molecule has 0 radical (unpaired) electrons. The Kier molecular flexibility index (Phi) is 30.2. The molecule has 0 amide bonds. The molecule has 128 heavy (non-hydrogen) atoms. The van der Waals surface area contributed by atoms with Crippen LogP contribution in [0.15, 0.2) is 190 Å². The van der Waals surface area contributed by atoms with Crippen LogP contribution in [0.4, 0.5) is 36.4 Å². The number of nitrogens with zero attached hydrogens (tertiary/aromatic N) is 20. The minimum atomic E-state index is -4.46. The van der Waals surface area contributed by atoms with Crippen molar-refractivity contribution in [1.82, 2.24) is 98.9 Å². The van der Waals surface area contributed by atoms with E-state index in [0.29, 0.717) is 103 Å². The largest absolute Gasteiger partial charge is 0.416 e. The van der Waals surface area contributed by atoms with Crippen molar-refractivity contribution in [3.63, 3.8) is 0 Å². The van der Waals surface area contributed by atoms with Crippen molar-refractivity contribution in [3.05, 3.63) is 296 Å². The molecule has 9 N–H and O–H groups in total. The Balaban J connectivity index is 0.000000146. The summed E-state index contributed by atoms with van der Waals surface area (Å²) in [4.78, 5) is 35.3. The summed E-state index contributed by atoms with van der Waals surface area (Å²) >= 11 is 0. The lowest BCUT2D eigenvalue weighted by Gasteiger charge is -2.23. The highest BCUT2D eigenvalue weighted by molar-refractivity contribution is 5.65. The molecule has 15 aromatic rings. The van der Waals surface area contributed by atoms with E-state index in [1.807, 2.05) is 179 Å². The summed E-state index contributed by atoms with van der Waals surface area (Å²) in [5, 5.41) is 97.5. The van der Waals surface area contributed by atoms with Crippen molar-refractivity contribution in [3.8, 4) is 68.3 Å². The first-order valence-corrected chi connectivity index (χ1v) is 42.5. The molecule has 29 nitrogen and oxygen atoms in total. The van der Waals surface area contributed by atoms with Gasteiger partial charge < -0.3 is 65.1 Å². The van der Waals surface area contributed by atoms with Crippen LogP contribution in [-0.2, 0) is 32.6 Å². The Morgan fingerprint density at radius 3 is 1.02 bits per heavy atom. The molecule has 1 aliphatic rings. The molecule has 0 aliphatic heterocycles. The van der Waals surface area contributed by atoms with E-state index >= 15 is 0 Å². The molecule has 0 unspecified atom stereocenters. The van der Waals surface area contributed by atoms with Crippen LogP contribution in [0.5, 0.6) is 0 Å². The predicted octanol–water partition coefficient (Wildman–Crippen LogP) is 17.3. The van der Waals surface area contributed by atoms with Gasteiger partial charge in [0.2, 0.25) is 0 Å². The molecule has 3 atom stereocenters. The molecule has 12 heterocycles. The van der Waals surface area contributed by atoms with E-state index in [1.54, 1.807) is 68.8 Å². The maximum atomic E-state index is 13.6. The fraction of sp³-hybridized carbons (Fsp3) is 0.312. The monoisotopic (exact) mass is 1730 g/mol. The summed E-state index contributed by atoms with van der Waals surface area (Å²) in [7, 11) is 0. The maximum Gasteiger partial charge on any atom is 0.416 e. The first-order valence-electron chi connectivity index (χ1n) is 42.5. The topological polar surface area (TPSA) is 375 Å². The van der Waals surface area contributed by atoms with Gasteiger partial charge in [-0.05, 0) is 220 Å². The van der Waals surface area contributed by atoms with Crippen LogP contribution in [0.25, 0.3) is 68.3 Å². The van der Waals surface area contributed by atoms with E-state index in [2.05, 4.69) is 140 Å². The van der Waals surface area contributed by atoms with Crippen molar-refractivity contribution < 1.29 is 38.7 Å². The summed E-state index contributed by atoms with van der Waals surface area (Å²) in [6.45, 7) is 24.1. The number of alkyl halides is 3. The van der Waals surface area contributed by atoms with Gasteiger partial charge >= 0.3 is 6.18 Å². The smallest absolute Gasteiger partial charge is 0.394 e. The molecule has 0 bridgehead atoms. The van der Waals surface area contributed by atoms with E-state index in [9.17, 15) is 38.7 Å². The van der Waals surface area contributed by atoms with Gasteiger partial charge in [-0.1, -0.05) is 110 Å². The second kappa shape index (κ2) is 42.0. The zero-order chi connectivity index (χ0) is 90.9. The van der Waals surface area contributed by atoms with Crippen LogP contribution in [0, 0.1) is 76.2 Å². The van der Waals surface area contributed by atoms with Crippen LogP contribution < -0.4 is 21.3 Å². The fourth-order valence-corrected chi connectivity index (χ4v) is 15.0. The Morgan fingerprint density at radius 2 is 0.703 bits per heavy atom. The Morgan fingerprint density at radius 1 is 0.375 bits per heavy atom. The summed E-state index contributed by atoms with van der Waals surface area (Å²) < 4.78 is 48.0. The highest BCUT2D eigenvalue weighted by Crippen LogP contribution is 2.38. The molecule has 1 saturated carbocycles. The molecule has 0 spiro atoms. The third-order valence-corrected chi connectivity index (χ3v) is 22.0. The number of pyridine rings is 4. The normalized spacial score (nSPS) is 12.8. The Bertz CT molecular complexity index is 6290. The average Bonchev–Trinajstić information content (AvgIpc) is 1.74. The van der Waals surface area contributed by atoms with E-state index in [-0.39, 0.29) is 50.7 Å². The number of aryl methyl sites for hydroxylation is 11. The number of aliphatic hydroxyl groups is 5. The minimum absolute atomic E-state index is 0.0669. The van der Waals surface area contributed by atoms with Crippen molar-refractivity contribution in [2.45, 2.75) is 192 Å². The van der Waals surface area contributed by atoms with Gasteiger partial charge in [-0.15, -0.1) is 40.8 Å². The third kappa shape index (κ3) is 22.9. The lowest BCUT2D eigenvalue weighted by atomic mass is 9.95. The zero-order valence-electron chi connectivity index (χ0n) is 74.0. The van der Waals surface area contributed by atoms with Crippen molar-refractivity contribution >= 4 is 23.3 Å². The number of aliphatic hydroxyl groups excluding tert-OH is 5. The number of benzene rings is 3. The highest BCUT2D eigenvalue weighted by Gasteiger charge is 2.35. The van der Waals surface area contributed by atoms with Crippen molar-refractivity contribution in [2.24, 2.45) is 0 Å². The molecule has 0 saturated heterocycles. The Hall–Kier alpha value is -13.8. The summed E-state index contributed by atoms with van der Waals surface area (Å²) in [6, 6.07) is 43.3. The number of hydrogen-bond donors (Lipinski definition) is 9. The second-order valence-corrected chi connectivity index (χ2v) is 32.1. The van der Waals surface area contributed by atoms with Gasteiger partial charge in [0.1, 0.15) is 22.8 Å². The number of nitrogens with one attached hydrogen (secondary N) is 4. The molecule has 16 rings (SSSR count). The van der Waals surface area contributed by atoms with Gasteiger partial charge in [0.25, 0.3) is 0 Å². The van der Waals surface area contributed by atoms with Gasteiger partial charge in [0, 0.05) is 30.8 Å². The molecule has 1 fully saturated rings. The molecule has 12 aromatic heterocycles. The number of hydrogen-bond acceptors (Lipinski definition) is 25. The first kappa shape index (κ1) is 91.9. The van der Waals surface area contributed by atoms with E-state index in [4.69, 9.17) is 0 Å². The SMILES string of the molecule is CCC[C@H](Nc1nnc(-c2ccc(-n3cnc(C)c3)c(CO)n2)cc1C)c1ccc(C)cc1.Cc1ccc([C@@H](CO)Nc2nnc(-c3ccc(-n4cnc(C)c4)c(CO)n3)cc2C)cc1.Cc1ccc([C@H](C)Nc2nnc(-c3ccc(-n4cnc(C)c4)c(CO)n3)cc2C)c(C(F)(F)F)c1.Cc1cn(-c2ccc(-c3cc(C)c(NC4CCCCC4)nn3)nc2CO)cn1. The third-order valence-electron chi connectivity index (χ3n) is 22.0. The van der Waals surface area contributed by atoms with Gasteiger partial charge in [-0.25, -0.2) is 39.9 Å². The van der Waals surface area contributed by atoms with Gasteiger partial charge in [-0.2, -0.15) is 13.2 Å². The molecule has 662 valence electrons. The zero-order valence-corrected chi connectivity index (χ0v) is 74.0. The number of aromatic nitrogens is 20. The summed E-state index contributed by atoms with van der Waals surface area (Å²) in [5.74, 6) is 2.60. The molecular weight excluding hydrogens is 1630 g/mol. The van der Waals surface area contributed by atoms with Crippen LogP contribution in [0.1, 0.15) is 184 Å². The van der Waals surface area contributed by atoms with Gasteiger partial charge in [-0.3, -0.25) is 0 Å². The molecule has 3 aromatic carbocycles. The van der Waals surface area contributed by atoms with Gasteiger partial charge in [0.05, 0.1) is 173 Å². The van der Waals surface area contributed by atoms with Crippen LogP contribution >= 0.6 is 0 Å². The van der Waals surface area contributed by atoms with E-state index in [0.717, 1.165) is 98.2 Å². The number of halogens is 3. The first-order chi connectivity index (χ1) is 61.7. The molecular formula is C96H107F3N24O5. The second-order valence-electron chi connectivity index (χ2n) is 32.1. The number of anilines is 4. The van der Waals surface area contributed by atoms with E-state index < -0.39 is 17.8 Å². The highest BCUT2D eigenvalue weighted by atomic mass is 19.4. The standard InChI is InChI=1S/C26H30N6O.C25H25F3N6O.C24H26N6O2.C21H26N6O/c1-5-6-21(20-9-7-17(2)8-10-20)29-26-18(3)13-23(30-31-26)22-11-12-25(24(15-33)28-22)32-14-19(4)27-16-32;1-14-5-6-18(19(9-14)25(26,27)28)17(4)30-24-15(2)10-21(32-33-24)20-7-8-23(22(12-35)31-20)34-11-16(3)29-13-34;1-15-4-6-18(7-5-15)21(12-31)27-24-16(2)10-20(28-29-24)19-8-9-23(22(13-32)26-19)30-11-17(3)25-14-30;1-14-10-18(25-26-21(14)23-16-6-4-3-5-7-16)17-8-9-20(19(12-28)24-17)27-11-15(2)22-13-27/h7-14,16,21,33H,5-6,15H2,1-4H3,(H,29,31);5-11,13,17,35H,12H2,1-4H3,(H,30,33);4-11,14,21,31-32H,12-13H2,1-3H3,(H,27,29);8-11,13,16,28H,3-7,12H2,1-2H3,(H,23,26)/t21-;17-;21-;/m001./s1. The molecule has 32 heteroatoms. The maximum absolute atomic E-state index is 13.6. The fourth-order valence-electron chi connectivity index (χ4n) is 15.0. The van der Waals surface area contributed by atoms with Gasteiger partial charge in [0.15, 0.2) is 23.3 Å². The average molecular weight is 1730 g/mol.